The molecule has 8 nitrogen and oxygen atoms in total. The summed E-state index contributed by atoms with van der Waals surface area (Å²) in [5.41, 5.74) is 1.65. The smallest absolute Gasteiger partial charge is 0.318 e. The van der Waals surface area contributed by atoms with Gasteiger partial charge in [0.1, 0.15) is 0 Å². The minimum absolute atomic E-state index is 0.104. The van der Waals surface area contributed by atoms with E-state index in [1.165, 1.54) is 25.2 Å². The number of rotatable bonds is 4. The highest BCUT2D eigenvalue weighted by Gasteiger charge is 2.15. The number of nitrogens with zero attached hydrogens (tertiary/aromatic N) is 1. The molecule has 0 aliphatic carbocycles. The highest BCUT2D eigenvalue weighted by Crippen LogP contribution is 2.20. The Bertz CT molecular complexity index is 787. The Balaban J connectivity index is 2.11. The SMILES string of the molecule is CNC(=O)Nc1ccc(NC(=O)c2ccc(C)c([N+](=O)[O-])c2)cc1. The van der Waals surface area contributed by atoms with Crippen molar-refractivity contribution >= 4 is 29.0 Å². The Labute approximate surface area is 138 Å². The first-order valence-electron chi connectivity index (χ1n) is 7.06. The van der Waals surface area contributed by atoms with Crippen molar-refractivity contribution in [2.24, 2.45) is 0 Å². The van der Waals surface area contributed by atoms with Gasteiger partial charge >= 0.3 is 6.03 Å². The third-order valence-corrected chi connectivity index (χ3v) is 3.30. The first kappa shape index (κ1) is 16.9. The maximum Gasteiger partial charge on any atom is 0.318 e. The molecule has 0 heterocycles. The quantitative estimate of drug-likeness (QED) is 0.591. The maximum absolute atomic E-state index is 12.2. The van der Waals surface area contributed by atoms with Crippen molar-refractivity contribution < 1.29 is 14.5 Å². The second-order valence-electron chi connectivity index (χ2n) is 4.99. The standard InChI is InChI=1S/C16H16N4O4/c1-10-3-4-11(9-14(10)20(23)24)15(21)18-12-5-7-13(8-6-12)19-16(22)17-2/h3-9H,1-2H3,(H,18,21)(H2,17,19,22). The van der Waals surface area contributed by atoms with E-state index in [4.69, 9.17) is 0 Å². The summed E-state index contributed by atoms with van der Waals surface area (Å²) >= 11 is 0. The molecule has 2 rings (SSSR count). The first-order valence-corrected chi connectivity index (χ1v) is 7.06. The predicted octanol–water partition coefficient (Wildman–Crippen LogP) is 2.91. The molecule has 0 spiro atoms. The lowest BCUT2D eigenvalue weighted by atomic mass is 10.1. The summed E-state index contributed by atoms with van der Waals surface area (Å²) in [5.74, 6) is -0.454. The maximum atomic E-state index is 12.2. The molecule has 2 aromatic carbocycles. The number of amides is 3. The zero-order chi connectivity index (χ0) is 17.7. The molecule has 0 fully saturated rings. The molecule has 0 saturated heterocycles. The fourth-order valence-electron chi connectivity index (χ4n) is 1.98. The lowest BCUT2D eigenvalue weighted by Gasteiger charge is -2.08. The van der Waals surface area contributed by atoms with Crippen LogP contribution in [0.25, 0.3) is 0 Å². The highest BCUT2D eigenvalue weighted by atomic mass is 16.6. The van der Waals surface area contributed by atoms with E-state index < -0.39 is 10.8 Å². The van der Waals surface area contributed by atoms with Crippen LogP contribution in [0.1, 0.15) is 15.9 Å². The van der Waals surface area contributed by atoms with E-state index in [0.717, 1.165) is 0 Å². The molecule has 0 atom stereocenters. The van der Waals surface area contributed by atoms with Crippen LogP contribution in [0.5, 0.6) is 0 Å². The van der Waals surface area contributed by atoms with Crippen molar-refractivity contribution in [3.05, 3.63) is 63.7 Å². The molecule has 8 heteroatoms. The number of nitro groups is 1. The van der Waals surface area contributed by atoms with Crippen LogP contribution in [-0.2, 0) is 0 Å². The van der Waals surface area contributed by atoms with Gasteiger partial charge in [0.25, 0.3) is 11.6 Å². The van der Waals surface area contributed by atoms with Crippen molar-refractivity contribution in [2.75, 3.05) is 17.7 Å². The normalized spacial score (nSPS) is 9.92. The summed E-state index contributed by atoms with van der Waals surface area (Å²) in [6.07, 6.45) is 0. The first-order chi connectivity index (χ1) is 11.4. The van der Waals surface area contributed by atoms with E-state index in [9.17, 15) is 19.7 Å². The number of urea groups is 1. The van der Waals surface area contributed by atoms with Crippen molar-refractivity contribution in [1.29, 1.82) is 0 Å². The summed E-state index contributed by atoms with van der Waals surface area (Å²) in [7, 11) is 1.50. The van der Waals surface area contributed by atoms with Gasteiger partial charge in [-0.2, -0.15) is 0 Å². The van der Waals surface area contributed by atoms with E-state index >= 15 is 0 Å². The van der Waals surface area contributed by atoms with Crippen LogP contribution < -0.4 is 16.0 Å². The van der Waals surface area contributed by atoms with Crippen molar-refractivity contribution in [2.45, 2.75) is 6.92 Å². The number of hydrogen-bond acceptors (Lipinski definition) is 4. The monoisotopic (exact) mass is 328 g/mol. The Morgan fingerprint density at radius 1 is 1.00 bits per heavy atom. The lowest BCUT2D eigenvalue weighted by Crippen LogP contribution is -2.24. The third-order valence-electron chi connectivity index (χ3n) is 3.30. The number of benzene rings is 2. The molecule has 24 heavy (non-hydrogen) atoms. The molecule has 0 aromatic heterocycles. The fourth-order valence-corrected chi connectivity index (χ4v) is 1.98. The van der Waals surface area contributed by atoms with Crippen LogP contribution in [0.15, 0.2) is 42.5 Å². The summed E-state index contributed by atoms with van der Waals surface area (Å²) < 4.78 is 0. The molecular weight excluding hydrogens is 312 g/mol. The van der Waals surface area contributed by atoms with E-state index in [-0.39, 0.29) is 17.3 Å². The summed E-state index contributed by atoms with van der Waals surface area (Å²) in [6.45, 7) is 1.61. The van der Waals surface area contributed by atoms with Gasteiger partial charge in [0.2, 0.25) is 0 Å². The number of hydrogen-bond donors (Lipinski definition) is 3. The topological polar surface area (TPSA) is 113 Å². The number of aryl methyl sites for hydroxylation is 1. The van der Waals surface area contributed by atoms with Crippen LogP contribution in [0.4, 0.5) is 21.9 Å². The van der Waals surface area contributed by atoms with Gasteiger partial charge in [-0.15, -0.1) is 0 Å². The Morgan fingerprint density at radius 3 is 2.12 bits per heavy atom. The van der Waals surface area contributed by atoms with Crippen LogP contribution in [0, 0.1) is 17.0 Å². The van der Waals surface area contributed by atoms with Gasteiger partial charge in [-0.1, -0.05) is 6.07 Å². The number of anilines is 2. The fraction of sp³-hybridized carbons (Fsp3) is 0.125. The largest absolute Gasteiger partial charge is 0.341 e. The minimum Gasteiger partial charge on any atom is -0.341 e. The molecular formula is C16H16N4O4. The van der Waals surface area contributed by atoms with Crippen LogP contribution in [0.2, 0.25) is 0 Å². The Kier molecular flexibility index (Phi) is 5.10. The second-order valence-corrected chi connectivity index (χ2v) is 4.99. The highest BCUT2D eigenvalue weighted by molar-refractivity contribution is 6.04. The van der Waals surface area contributed by atoms with Gasteiger partial charge in [0.05, 0.1) is 4.92 Å². The summed E-state index contributed by atoms with van der Waals surface area (Å²) in [6, 6.07) is 10.4. The van der Waals surface area contributed by atoms with Gasteiger partial charge in [-0.05, 0) is 37.3 Å². The van der Waals surface area contributed by atoms with Gasteiger partial charge in [-0.25, -0.2) is 4.79 Å². The predicted molar refractivity (Wildman–Crippen MR) is 90.3 cm³/mol. The minimum atomic E-state index is -0.522. The van der Waals surface area contributed by atoms with Gasteiger partial charge < -0.3 is 16.0 Å². The van der Waals surface area contributed by atoms with Crippen LogP contribution >= 0.6 is 0 Å². The van der Waals surface area contributed by atoms with Gasteiger partial charge in [-0.3, -0.25) is 14.9 Å². The van der Waals surface area contributed by atoms with Crippen LogP contribution in [0.3, 0.4) is 0 Å². The molecule has 0 unspecified atom stereocenters. The molecule has 0 aliphatic rings. The number of carbonyl (C=O) groups excluding carboxylic acids is 2. The molecule has 0 radical (unpaired) electrons. The van der Waals surface area contributed by atoms with E-state index in [0.29, 0.717) is 16.9 Å². The third kappa shape index (κ3) is 4.07. The lowest BCUT2D eigenvalue weighted by molar-refractivity contribution is -0.385. The van der Waals surface area contributed by atoms with E-state index in [2.05, 4.69) is 16.0 Å². The number of nitrogens with one attached hydrogen (secondary N) is 3. The molecule has 2 aromatic rings. The van der Waals surface area contributed by atoms with E-state index in [1.807, 2.05) is 0 Å². The van der Waals surface area contributed by atoms with Crippen molar-refractivity contribution in [3.8, 4) is 0 Å². The molecule has 3 amide bonds. The number of carbonyl (C=O) groups is 2. The zero-order valence-electron chi connectivity index (χ0n) is 13.1. The zero-order valence-corrected chi connectivity index (χ0v) is 13.1. The summed E-state index contributed by atoms with van der Waals surface area (Å²) in [5, 5.41) is 18.6. The Morgan fingerprint density at radius 2 is 1.58 bits per heavy atom. The number of nitro benzene ring substituents is 1. The average Bonchev–Trinajstić information content (AvgIpc) is 2.56. The Hall–Kier alpha value is -3.42. The molecule has 0 bridgehead atoms. The average molecular weight is 328 g/mol. The molecule has 3 N–H and O–H groups in total. The molecule has 0 aliphatic heterocycles. The molecule has 0 saturated carbocycles. The van der Waals surface area contributed by atoms with Gasteiger partial charge in [0.15, 0.2) is 0 Å². The van der Waals surface area contributed by atoms with Crippen molar-refractivity contribution in [3.63, 3.8) is 0 Å². The second kappa shape index (κ2) is 7.23. The van der Waals surface area contributed by atoms with E-state index in [1.54, 1.807) is 31.2 Å². The molecule has 124 valence electrons. The summed E-state index contributed by atoms with van der Waals surface area (Å²) in [4.78, 5) is 33.8. The van der Waals surface area contributed by atoms with Gasteiger partial charge in [0, 0.05) is 35.6 Å². The van der Waals surface area contributed by atoms with Crippen molar-refractivity contribution in [1.82, 2.24) is 5.32 Å². The van der Waals surface area contributed by atoms with Crippen LogP contribution in [-0.4, -0.2) is 23.9 Å².